The van der Waals surface area contributed by atoms with Crippen LogP contribution in [-0.2, 0) is 16.0 Å². The topological polar surface area (TPSA) is 95.9 Å². The molecule has 1 saturated heterocycles. The van der Waals surface area contributed by atoms with Gasteiger partial charge in [-0.3, -0.25) is 14.5 Å². The fourth-order valence-corrected chi connectivity index (χ4v) is 4.37. The van der Waals surface area contributed by atoms with Crippen LogP contribution in [0, 0.1) is 0 Å². The first-order chi connectivity index (χ1) is 17.0. The van der Waals surface area contributed by atoms with E-state index in [0.717, 1.165) is 42.1 Å². The van der Waals surface area contributed by atoms with Crippen molar-refractivity contribution in [1.29, 1.82) is 0 Å². The van der Waals surface area contributed by atoms with Gasteiger partial charge < -0.3 is 14.7 Å². The molecule has 8 heteroatoms. The van der Waals surface area contributed by atoms with Crippen LogP contribution < -0.4 is 0 Å². The Hall–Kier alpha value is -3.36. The molecule has 1 aliphatic rings. The van der Waals surface area contributed by atoms with Crippen LogP contribution >= 0.6 is 0 Å². The minimum Gasteiger partial charge on any atom is -0.481 e. The SMILES string of the molecule is COCCN1CCN(C(=O)c2ccc3nc(-c4ccccc4)c(CCCCC(=O)O)nc3c2)CC1. The Bertz CT molecular complexity index is 1160. The quantitative estimate of drug-likeness (QED) is 0.448. The first kappa shape index (κ1) is 24.8. The van der Waals surface area contributed by atoms with Gasteiger partial charge in [-0.15, -0.1) is 0 Å². The number of ether oxygens (including phenoxy) is 1. The molecule has 35 heavy (non-hydrogen) atoms. The number of aryl methyl sites for hydroxylation is 1. The minimum atomic E-state index is -0.791. The van der Waals surface area contributed by atoms with Crippen molar-refractivity contribution in [2.75, 3.05) is 46.4 Å². The van der Waals surface area contributed by atoms with E-state index in [0.29, 0.717) is 50.0 Å². The number of carboxylic acid groups (broad SMARTS) is 1. The number of nitrogens with zero attached hydrogens (tertiary/aromatic N) is 4. The van der Waals surface area contributed by atoms with E-state index >= 15 is 0 Å². The molecule has 1 aromatic heterocycles. The third-order valence-electron chi connectivity index (χ3n) is 6.36. The number of hydrogen-bond donors (Lipinski definition) is 1. The van der Waals surface area contributed by atoms with Crippen LogP contribution in [0.25, 0.3) is 22.3 Å². The number of carbonyl (C=O) groups is 2. The summed E-state index contributed by atoms with van der Waals surface area (Å²) in [5.74, 6) is -0.782. The molecule has 1 fully saturated rings. The van der Waals surface area contributed by atoms with Crippen LogP contribution in [0.5, 0.6) is 0 Å². The van der Waals surface area contributed by atoms with Crippen LogP contribution in [0.3, 0.4) is 0 Å². The first-order valence-corrected chi connectivity index (χ1v) is 12.1. The maximum atomic E-state index is 13.2. The standard InChI is InChI=1S/C27H32N4O4/c1-35-18-17-30-13-15-31(16-14-30)27(34)21-11-12-22-24(19-21)28-23(9-5-6-10-25(32)33)26(29-22)20-7-3-2-4-8-20/h2-4,7-8,11-12,19H,5-6,9-10,13-18H2,1H3,(H,32,33). The Labute approximate surface area is 205 Å². The van der Waals surface area contributed by atoms with Gasteiger partial charge in [0, 0.05) is 57.4 Å². The Morgan fingerprint density at radius 1 is 0.971 bits per heavy atom. The highest BCUT2D eigenvalue weighted by atomic mass is 16.5. The number of hydrogen-bond acceptors (Lipinski definition) is 6. The smallest absolute Gasteiger partial charge is 0.303 e. The number of aromatic nitrogens is 2. The average Bonchev–Trinajstić information content (AvgIpc) is 2.89. The lowest BCUT2D eigenvalue weighted by atomic mass is 10.0. The Morgan fingerprint density at radius 3 is 2.46 bits per heavy atom. The van der Waals surface area contributed by atoms with Crippen molar-refractivity contribution in [3.63, 3.8) is 0 Å². The van der Waals surface area contributed by atoms with Gasteiger partial charge in [0.25, 0.3) is 5.91 Å². The van der Waals surface area contributed by atoms with Crippen LogP contribution in [0.4, 0.5) is 0 Å². The van der Waals surface area contributed by atoms with Crippen molar-refractivity contribution in [1.82, 2.24) is 19.8 Å². The third-order valence-corrected chi connectivity index (χ3v) is 6.36. The summed E-state index contributed by atoms with van der Waals surface area (Å²) in [7, 11) is 1.70. The maximum Gasteiger partial charge on any atom is 0.303 e. The molecule has 0 radical (unpaired) electrons. The number of rotatable bonds is 10. The van der Waals surface area contributed by atoms with Crippen LogP contribution in [0.15, 0.2) is 48.5 Å². The van der Waals surface area contributed by atoms with Crippen LogP contribution in [-0.4, -0.2) is 83.2 Å². The predicted octanol–water partition coefficient (Wildman–Crippen LogP) is 3.50. The fourth-order valence-electron chi connectivity index (χ4n) is 4.37. The van der Waals surface area contributed by atoms with Crippen LogP contribution in [0.1, 0.15) is 35.3 Å². The summed E-state index contributed by atoms with van der Waals surface area (Å²) in [5.41, 5.74) is 4.63. The number of piperazine rings is 1. The molecule has 8 nitrogen and oxygen atoms in total. The molecule has 2 heterocycles. The van der Waals surface area contributed by atoms with Gasteiger partial charge in [0.1, 0.15) is 0 Å². The highest BCUT2D eigenvalue weighted by molar-refractivity contribution is 5.97. The first-order valence-electron chi connectivity index (χ1n) is 12.1. The summed E-state index contributed by atoms with van der Waals surface area (Å²) in [6, 6.07) is 15.4. The van der Waals surface area contributed by atoms with Gasteiger partial charge in [-0.05, 0) is 37.5 Å². The zero-order chi connectivity index (χ0) is 24.6. The normalized spacial score (nSPS) is 14.4. The van der Waals surface area contributed by atoms with Gasteiger partial charge >= 0.3 is 5.97 Å². The van der Waals surface area contributed by atoms with Crippen molar-refractivity contribution in [3.8, 4) is 11.3 Å². The zero-order valence-electron chi connectivity index (χ0n) is 20.2. The monoisotopic (exact) mass is 476 g/mol. The average molecular weight is 477 g/mol. The Balaban J connectivity index is 1.55. The Morgan fingerprint density at radius 2 is 1.74 bits per heavy atom. The number of amides is 1. The summed E-state index contributed by atoms with van der Waals surface area (Å²) in [6.07, 6.45) is 2.05. The van der Waals surface area contributed by atoms with Crippen molar-refractivity contribution in [2.45, 2.75) is 25.7 Å². The van der Waals surface area contributed by atoms with E-state index < -0.39 is 5.97 Å². The lowest BCUT2D eigenvalue weighted by molar-refractivity contribution is -0.137. The summed E-state index contributed by atoms with van der Waals surface area (Å²) in [6.45, 7) is 4.62. The predicted molar refractivity (Wildman–Crippen MR) is 134 cm³/mol. The summed E-state index contributed by atoms with van der Waals surface area (Å²) in [4.78, 5) is 38.1. The summed E-state index contributed by atoms with van der Waals surface area (Å²) < 4.78 is 5.16. The largest absolute Gasteiger partial charge is 0.481 e. The van der Waals surface area contributed by atoms with Crippen molar-refractivity contribution in [3.05, 3.63) is 59.8 Å². The second-order valence-electron chi connectivity index (χ2n) is 8.82. The van der Waals surface area contributed by atoms with E-state index in [1.165, 1.54) is 0 Å². The van der Waals surface area contributed by atoms with Crippen molar-refractivity contribution < 1.29 is 19.4 Å². The van der Waals surface area contributed by atoms with E-state index in [-0.39, 0.29) is 12.3 Å². The summed E-state index contributed by atoms with van der Waals surface area (Å²) in [5, 5.41) is 8.96. The lowest BCUT2D eigenvalue weighted by Crippen LogP contribution is -2.49. The highest BCUT2D eigenvalue weighted by Gasteiger charge is 2.22. The molecule has 1 N–H and O–H groups in total. The molecular weight excluding hydrogens is 444 g/mol. The molecule has 2 aromatic carbocycles. The molecule has 0 unspecified atom stereocenters. The van der Waals surface area contributed by atoms with E-state index in [2.05, 4.69) is 4.90 Å². The molecule has 3 aromatic rings. The number of carboxylic acids is 1. The number of benzene rings is 2. The number of methoxy groups -OCH3 is 1. The van der Waals surface area contributed by atoms with Gasteiger partial charge in [0.05, 0.1) is 29.0 Å². The number of fused-ring (bicyclic) bond motifs is 1. The van der Waals surface area contributed by atoms with E-state index in [1.807, 2.05) is 53.4 Å². The van der Waals surface area contributed by atoms with Crippen LogP contribution in [0.2, 0.25) is 0 Å². The molecule has 0 bridgehead atoms. The molecule has 4 rings (SSSR count). The van der Waals surface area contributed by atoms with Crippen molar-refractivity contribution >= 4 is 22.9 Å². The molecule has 1 amide bonds. The van der Waals surface area contributed by atoms with Gasteiger partial charge in [0.15, 0.2) is 0 Å². The highest BCUT2D eigenvalue weighted by Crippen LogP contribution is 2.25. The van der Waals surface area contributed by atoms with Gasteiger partial charge in [-0.2, -0.15) is 0 Å². The number of unbranched alkanes of at least 4 members (excludes halogenated alkanes) is 1. The molecule has 0 atom stereocenters. The molecular formula is C27H32N4O4. The number of aliphatic carboxylic acids is 1. The lowest BCUT2D eigenvalue weighted by Gasteiger charge is -2.34. The van der Waals surface area contributed by atoms with Gasteiger partial charge in [0.2, 0.25) is 0 Å². The third kappa shape index (κ3) is 6.41. The van der Waals surface area contributed by atoms with E-state index in [9.17, 15) is 9.59 Å². The molecule has 0 aliphatic carbocycles. The number of carbonyl (C=O) groups excluding carboxylic acids is 1. The van der Waals surface area contributed by atoms with Gasteiger partial charge in [-0.25, -0.2) is 9.97 Å². The van der Waals surface area contributed by atoms with E-state index in [4.69, 9.17) is 19.8 Å². The molecule has 184 valence electrons. The maximum absolute atomic E-state index is 13.2. The molecule has 0 saturated carbocycles. The van der Waals surface area contributed by atoms with Gasteiger partial charge in [-0.1, -0.05) is 30.3 Å². The second-order valence-corrected chi connectivity index (χ2v) is 8.82. The zero-order valence-corrected chi connectivity index (χ0v) is 20.2. The second kappa shape index (κ2) is 11.9. The van der Waals surface area contributed by atoms with E-state index in [1.54, 1.807) is 7.11 Å². The fraction of sp³-hybridized carbons (Fsp3) is 0.407. The summed E-state index contributed by atoms with van der Waals surface area (Å²) >= 11 is 0. The Kier molecular flexibility index (Phi) is 8.39. The molecule has 1 aliphatic heterocycles. The van der Waals surface area contributed by atoms with Crippen molar-refractivity contribution in [2.24, 2.45) is 0 Å². The molecule has 0 spiro atoms. The minimum absolute atomic E-state index is 0.00948.